The normalized spacial score (nSPS) is 18.9. The highest BCUT2D eigenvalue weighted by Gasteiger charge is 2.32. The Morgan fingerprint density at radius 3 is 2.64 bits per heavy atom. The second-order valence-electron chi connectivity index (χ2n) is 4.56. The predicted octanol–water partition coefficient (Wildman–Crippen LogP) is 1.25. The van der Waals surface area contributed by atoms with Crippen molar-refractivity contribution < 1.29 is 9.53 Å². The maximum atomic E-state index is 11.1. The van der Waals surface area contributed by atoms with Gasteiger partial charge in [-0.05, 0) is 25.2 Å². The Hall–Kier alpha value is -0.770. The van der Waals surface area contributed by atoms with Gasteiger partial charge in [-0.2, -0.15) is 0 Å². The highest BCUT2D eigenvalue weighted by atomic mass is 16.5. The molecule has 0 saturated heterocycles. The molecular formula is C10H20N2O2. The van der Waals surface area contributed by atoms with Gasteiger partial charge in [-0.1, -0.05) is 13.8 Å². The summed E-state index contributed by atoms with van der Waals surface area (Å²) >= 11 is 0. The Morgan fingerprint density at radius 2 is 2.21 bits per heavy atom. The minimum atomic E-state index is -0.351. The maximum Gasteiger partial charge on any atom is 0.407 e. The van der Waals surface area contributed by atoms with Gasteiger partial charge < -0.3 is 15.8 Å². The summed E-state index contributed by atoms with van der Waals surface area (Å²) in [5, 5.41) is 2.69. The molecule has 1 rings (SSSR count). The summed E-state index contributed by atoms with van der Waals surface area (Å²) in [4.78, 5) is 11.1. The Labute approximate surface area is 85.2 Å². The van der Waals surface area contributed by atoms with Crippen molar-refractivity contribution >= 4 is 6.09 Å². The number of alkyl carbamates (subject to hydrolysis) is 1. The zero-order chi connectivity index (χ0) is 10.6. The lowest BCUT2D eigenvalue weighted by atomic mass is 9.78. The Kier molecular flexibility index (Phi) is 3.75. The van der Waals surface area contributed by atoms with E-state index in [0.29, 0.717) is 19.1 Å². The molecule has 1 amide bonds. The first-order valence-corrected chi connectivity index (χ1v) is 5.21. The molecule has 0 radical (unpaired) electrons. The van der Waals surface area contributed by atoms with Crippen LogP contribution in [0.1, 0.15) is 33.1 Å². The van der Waals surface area contributed by atoms with Crippen molar-refractivity contribution in [2.45, 2.75) is 38.6 Å². The van der Waals surface area contributed by atoms with Crippen molar-refractivity contribution in [2.75, 3.05) is 13.2 Å². The van der Waals surface area contributed by atoms with Gasteiger partial charge in [-0.3, -0.25) is 0 Å². The van der Waals surface area contributed by atoms with Crippen LogP contribution in [0, 0.1) is 5.92 Å². The zero-order valence-corrected chi connectivity index (χ0v) is 9.01. The molecule has 0 bridgehead atoms. The number of carbonyl (C=O) groups excluding carboxylic acids is 1. The predicted molar refractivity (Wildman–Crippen MR) is 55.0 cm³/mol. The van der Waals surface area contributed by atoms with Gasteiger partial charge in [0.05, 0.1) is 6.61 Å². The number of nitrogens with one attached hydrogen (secondary N) is 1. The second kappa shape index (κ2) is 4.64. The van der Waals surface area contributed by atoms with E-state index in [9.17, 15) is 4.79 Å². The maximum absolute atomic E-state index is 11.1. The Bertz CT molecular complexity index is 200. The van der Waals surface area contributed by atoms with Gasteiger partial charge in [0.1, 0.15) is 0 Å². The molecule has 1 fully saturated rings. The molecule has 4 nitrogen and oxygen atoms in total. The van der Waals surface area contributed by atoms with Gasteiger partial charge in [0.2, 0.25) is 0 Å². The number of hydrogen-bond donors (Lipinski definition) is 2. The van der Waals surface area contributed by atoms with Crippen LogP contribution >= 0.6 is 0 Å². The fourth-order valence-corrected chi connectivity index (χ4v) is 1.35. The van der Waals surface area contributed by atoms with Gasteiger partial charge in [0, 0.05) is 12.1 Å². The standard InChI is InChI=1S/C10H20N2O2/c1-8(2)6-14-9(13)12-7-10(11)4-3-5-10/h8H,3-7,11H2,1-2H3,(H,12,13). The SMILES string of the molecule is CC(C)COC(=O)NCC1(N)CCC1. The van der Waals surface area contributed by atoms with Crippen molar-refractivity contribution in [2.24, 2.45) is 11.7 Å². The van der Waals surface area contributed by atoms with E-state index in [4.69, 9.17) is 10.5 Å². The minimum Gasteiger partial charge on any atom is -0.449 e. The molecule has 14 heavy (non-hydrogen) atoms. The topological polar surface area (TPSA) is 64.3 Å². The molecule has 0 spiro atoms. The van der Waals surface area contributed by atoms with Crippen LogP contribution in [-0.2, 0) is 4.74 Å². The average Bonchev–Trinajstić information content (AvgIpc) is 2.08. The minimum absolute atomic E-state index is 0.170. The summed E-state index contributed by atoms with van der Waals surface area (Å²) in [5.41, 5.74) is 5.77. The van der Waals surface area contributed by atoms with Crippen molar-refractivity contribution in [3.8, 4) is 0 Å². The van der Waals surface area contributed by atoms with Gasteiger partial charge in [-0.25, -0.2) is 4.79 Å². The summed E-state index contributed by atoms with van der Waals surface area (Å²) < 4.78 is 4.96. The fourth-order valence-electron chi connectivity index (χ4n) is 1.35. The highest BCUT2D eigenvalue weighted by Crippen LogP contribution is 2.27. The molecule has 1 saturated carbocycles. The largest absolute Gasteiger partial charge is 0.449 e. The van der Waals surface area contributed by atoms with Crippen LogP contribution in [-0.4, -0.2) is 24.8 Å². The summed E-state index contributed by atoms with van der Waals surface area (Å²) in [7, 11) is 0. The van der Waals surface area contributed by atoms with Crippen LogP contribution in [0.2, 0.25) is 0 Å². The summed E-state index contributed by atoms with van der Waals surface area (Å²) in [6, 6.07) is 0. The Morgan fingerprint density at radius 1 is 1.57 bits per heavy atom. The number of hydrogen-bond acceptors (Lipinski definition) is 3. The van der Waals surface area contributed by atoms with Crippen LogP contribution in [0.15, 0.2) is 0 Å². The van der Waals surface area contributed by atoms with E-state index in [0.717, 1.165) is 12.8 Å². The van der Waals surface area contributed by atoms with E-state index in [1.54, 1.807) is 0 Å². The number of nitrogens with two attached hydrogens (primary N) is 1. The first kappa shape index (κ1) is 11.3. The van der Waals surface area contributed by atoms with Gasteiger partial charge in [0.15, 0.2) is 0 Å². The molecule has 0 aromatic rings. The highest BCUT2D eigenvalue weighted by molar-refractivity contribution is 5.67. The smallest absolute Gasteiger partial charge is 0.407 e. The van der Waals surface area contributed by atoms with Gasteiger partial charge >= 0.3 is 6.09 Å². The molecule has 1 aliphatic rings. The third-order valence-electron chi connectivity index (χ3n) is 2.48. The van der Waals surface area contributed by atoms with Gasteiger partial charge in [0.25, 0.3) is 0 Å². The quantitative estimate of drug-likeness (QED) is 0.718. The Balaban J connectivity index is 2.08. The van der Waals surface area contributed by atoms with E-state index in [1.807, 2.05) is 13.8 Å². The van der Waals surface area contributed by atoms with Crippen LogP contribution < -0.4 is 11.1 Å². The number of carbonyl (C=O) groups is 1. The molecule has 0 aromatic heterocycles. The van der Waals surface area contributed by atoms with E-state index in [1.165, 1.54) is 6.42 Å². The third-order valence-corrected chi connectivity index (χ3v) is 2.48. The number of rotatable bonds is 4. The van der Waals surface area contributed by atoms with Crippen molar-refractivity contribution in [1.82, 2.24) is 5.32 Å². The zero-order valence-electron chi connectivity index (χ0n) is 9.01. The fraction of sp³-hybridized carbons (Fsp3) is 0.900. The van der Waals surface area contributed by atoms with Crippen molar-refractivity contribution in [3.63, 3.8) is 0 Å². The van der Waals surface area contributed by atoms with E-state index < -0.39 is 0 Å². The molecule has 0 heterocycles. The van der Waals surface area contributed by atoms with Gasteiger partial charge in [-0.15, -0.1) is 0 Å². The molecule has 0 aliphatic heterocycles. The monoisotopic (exact) mass is 200 g/mol. The molecule has 0 unspecified atom stereocenters. The number of ether oxygens (including phenoxy) is 1. The van der Waals surface area contributed by atoms with Crippen molar-refractivity contribution in [1.29, 1.82) is 0 Å². The number of amides is 1. The first-order chi connectivity index (χ1) is 6.52. The molecule has 1 aliphatic carbocycles. The van der Waals surface area contributed by atoms with Crippen LogP contribution in [0.3, 0.4) is 0 Å². The summed E-state index contributed by atoms with van der Waals surface area (Å²) in [6.45, 7) is 5.00. The summed E-state index contributed by atoms with van der Waals surface area (Å²) in [6.07, 6.45) is 2.81. The second-order valence-corrected chi connectivity index (χ2v) is 4.56. The lowest BCUT2D eigenvalue weighted by molar-refractivity contribution is 0.126. The summed E-state index contributed by atoms with van der Waals surface area (Å²) in [5.74, 6) is 0.372. The average molecular weight is 200 g/mol. The lowest BCUT2D eigenvalue weighted by Gasteiger charge is -2.37. The molecule has 0 aromatic carbocycles. The third kappa shape index (κ3) is 3.54. The van der Waals surface area contributed by atoms with Crippen LogP contribution in [0.5, 0.6) is 0 Å². The lowest BCUT2D eigenvalue weighted by Crippen LogP contribution is -2.55. The first-order valence-electron chi connectivity index (χ1n) is 5.21. The van der Waals surface area contributed by atoms with E-state index >= 15 is 0 Å². The van der Waals surface area contributed by atoms with Crippen LogP contribution in [0.25, 0.3) is 0 Å². The molecule has 0 atom stereocenters. The molecule has 82 valence electrons. The molecular weight excluding hydrogens is 180 g/mol. The van der Waals surface area contributed by atoms with Crippen molar-refractivity contribution in [3.05, 3.63) is 0 Å². The van der Waals surface area contributed by atoms with E-state index in [2.05, 4.69) is 5.32 Å². The molecule has 4 heteroatoms. The van der Waals surface area contributed by atoms with Crippen LogP contribution in [0.4, 0.5) is 4.79 Å². The van der Waals surface area contributed by atoms with E-state index in [-0.39, 0.29) is 11.6 Å². The molecule has 3 N–H and O–H groups in total.